The molecule has 0 amide bonds. The number of carbonyl (C=O) groups is 1. The number of ether oxygens (including phenoxy) is 1. The van der Waals surface area contributed by atoms with Gasteiger partial charge in [-0.25, -0.2) is 0 Å². The van der Waals surface area contributed by atoms with Crippen molar-refractivity contribution in [3.63, 3.8) is 0 Å². The molecule has 0 atom stereocenters. The molecule has 0 spiro atoms. The summed E-state index contributed by atoms with van der Waals surface area (Å²) in [6.07, 6.45) is 0.793. The Morgan fingerprint density at radius 3 is 2.78 bits per heavy atom. The number of aromatic amines is 1. The van der Waals surface area contributed by atoms with Crippen LogP contribution >= 0.6 is 0 Å². The Morgan fingerprint density at radius 1 is 1.22 bits per heavy atom. The second-order valence-corrected chi connectivity index (χ2v) is 4.12. The third-order valence-corrected chi connectivity index (χ3v) is 3.03. The van der Waals surface area contributed by atoms with Gasteiger partial charge in [0, 0.05) is 22.4 Å². The summed E-state index contributed by atoms with van der Waals surface area (Å²) >= 11 is 0. The summed E-state index contributed by atoms with van der Waals surface area (Å²) in [5.41, 5.74) is 2.20. The summed E-state index contributed by atoms with van der Waals surface area (Å²) in [5.74, 6) is 0.814. The van der Waals surface area contributed by atoms with Crippen molar-refractivity contribution in [2.45, 2.75) is 0 Å². The van der Waals surface area contributed by atoms with E-state index < -0.39 is 0 Å². The minimum Gasteiger partial charge on any atom is -0.508 e. The van der Waals surface area contributed by atoms with Crippen molar-refractivity contribution >= 4 is 28.1 Å². The fraction of sp³-hybridized carbons (Fsp3) is 0.0714. The molecule has 0 saturated carbocycles. The van der Waals surface area contributed by atoms with Crippen LogP contribution in [0.4, 0.5) is 0 Å². The monoisotopic (exact) mass is 241 g/mol. The number of phenolic OH excluding ortho intramolecular Hbond substituents is 1. The summed E-state index contributed by atoms with van der Waals surface area (Å²) in [5, 5.41) is 11.3. The van der Waals surface area contributed by atoms with Crippen LogP contribution in [0, 0.1) is 0 Å². The van der Waals surface area contributed by atoms with Gasteiger partial charge in [0.25, 0.3) is 0 Å². The zero-order chi connectivity index (χ0) is 12.7. The number of benzene rings is 2. The van der Waals surface area contributed by atoms with Gasteiger partial charge in [-0.3, -0.25) is 4.79 Å². The zero-order valence-electron chi connectivity index (χ0n) is 9.73. The summed E-state index contributed by atoms with van der Waals surface area (Å²) in [6.45, 7) is 0. The summed E-state index contributed by atoms with van der Waals surface area (Å²) in [7, 11) is 1.56. The van der Waals surface area contributed by atoms with Gasteiger partial charge in [-0.15, -0.1) is 0 Å². The van der Waals surface area contributed by atoms with Crippen LogP contribution in [-0.2, 0) is 0 Å². The lowest BCUT2D eigenvalue weighted by atomic mass is 10.1. The van der Waals surface area contributed by atoms with Gasteiger partial charge in [-0.1, -0.05) is 0 Å². The van der Waals surface area contributed by atoms with Crippen molar-refractivity contribution < 1.29 is 14.6 Å². The molecule has 18 heavy (non-hydrogen) atoms. The average Bonchev–Trinajstić information content (AvgIpc) is 2.74. The van der Waals surface area contributed by atoms with Crippen molar-refractivity contribution in [2.24, 2.45) is 0 Å². The van der Waals surface area contributed by atoms with Crippen LogP contribution in [0.3, 0.4) is 0 Å². The number of methoxy groups -OCH3 is 1. The fourth-order valence-corrected chi connectivity index (χ4v) is 2.21. The normalized spacial score (nSPS) is 10.9. The first-order valence-electron chi connectivity index (χ1n) is 5.50. The SMILES string of the molecule is COc1cc(C=O)cc2c1[nH]c1cc(O)ccc12. The number of nitrogens with one attached hydrogen (secondary N) is 1. The molecule has 0 bridgehead atoms. The zero-order valence-corrected chi connectivity index (χ0v) is 9.73. The summed E-state index contributed by atoms with van der Waals surface area (Å²) in [4.78, 5) is 14.1. The lowest BCUT2D eigenvalue weighted by molar-refractivity contribution is 0.112. The molecule has 0 aliphatic heterocycles. The fourth-order valence-electron chi connectivity index (χ4n) is 2.21. The predicted octanol–water partition coefficient (Wildman–Crippen LogP) is 2.85. The quantitative estimate of drug-likeness (QED) is 0.678. The van der Waals surface area contributed by atoms with Gasteiger partial charge < -0.3 is 14.8 Å². The molecule has 3 rings (SSSR count). The first kappa shape index (κ1) is 10.7. The highest BCUT2D eigenvalue weighted by atomic mass is 16.5. The van der Waals surface area contributed by atoms with Gasteiger partial charge in [0.05, 0.1) is 18.1 Å². The van der Waals surface area contributed by atoms with E-state index in [1.54, 1.807) is 31.4 Å². The van der Waals surface area contributed by atoms with Crippen molar-refractivity contribution in [1.29, 1.82) is 0 Å². The maximum atomic E-state index is 10.9. The molecular weight excluding hydrogens is 230 g/mol. The van der Waals surface area contributed by atoms with Crippen molar-refractivity contribution in [3.8, 4) is 11.5 Å². The summed E-state index contributed by atoms with van der Waals surface area (Å²) in [6, 6.07) is 8.58. The Bertz CT molecular complexity index is 758. The Morgan fingerprint density at radius 2 is 2.06 bits per heavy atom. The number of hydrogen-bond donors (Lipinski definition) is 2. The van der Waals surface area contributed by atoms with Gasteiger partial charge in [-0.2, -0.15) is 0 Å². The molecule has 0 saturated heterocycles. The van der Waals surface area contributed by atoms with E-state index in [1.807, 2.05) is 6.07 Å². The van der Waals surface area contributed by atoms with Gasteiger partial charge in [-0.05, 0) is 24.3 Å². The molecule has 0 radical (unpaired) electrons. The molecule has 0 aliphatic rings. The molecule has 0 fully saturated rings. The third kappa shape index (κ3) is 1.43. The first-order valence-corrected chi connectivity index (χ1v) is 5.50. The Labute approximate surface area is 103 Å². The number of fused-ring (bicyclic) bond motifs is 3. The molecule has 4 heteroatoms. The van der Waals surface area contributed by atoms with Crippen LogP contribution in [0.5, 0.6) is 11.5 Å². The second-order valence-electron chi connectivity index (χ2n) is 4.12. The van der Waals surface area contributed by atoms with Crippen LogP contribution in [0.1, 0.15) is 10.4 Å². The lowest BCUT2D eigenvalue weighted by Crippen LogP contribution is -1.87. The molecule has 2 N–H and O–H groups in total. The van der Waals surface area contributed by atoms with E-state index in [0.29, 0.717) is 11.3 Å². The minimum atomic E-state index is 0.198. The smallest absolute Gasteiger partial charge is 0.150 e. The van der Waals surface area contributed by atoms with E-state index in [9.17, 15) is 9.90 Å². The molecular formula is C14H11NO3. The van der Waals surface area contributed by atoms with Crippen molar-refractivity contribution in [1.82, 2.24) is 4.98 Å². The van der Waals surface area contributed by atoms with E-state index in [2.05, 4.69) is 4.98 Å². The molecule has 4 nitrogen and oxygen atoms in total. The highest BCUT2D eigenvalue weighted by Gasteiger charge is 2.10. The Kier molecular flexibility index (Phi) is 2.23. The van der Waals surface area contributed by atoms with E-state index in [4.69, 9.17) is 4.74 Å². The van der Waals surface area contributed by atoms with Crippen molar-refractivity contribution in [2.75, 3.05) is 7.11 Å². The molecule has 1 heterocycles. The largest absolute Gasteiger partial charge is 0.508 e. The van der Waals surface area contributed by atoms with Crippen molar-refractivity contribution in [3.05, 3.63) is 35.9 Å². The second kappa shape index (κ2) is 3.77. The van der Waals surface area contributed by atoms with Crippen LogP contribution in [-0.4, -0.2) is 23.5 Å². The third-order valence-electron chi connectivity index (χ3n) is 3.03. The number of aldehydes is 1. The summed E-state index contributed by atoms with van der Waals surface area (Å²) < 4.78 is 5.28. The highest BCUT2D eigenvalue weighted by Crippen LogP contribution is 2.33. The lowest BCUT2D eigenvalue weighted by Gasteiger charge is -2.02. The number of hydrogen-bond acceptors (Lipinski definition) is 3. The molecule has 90 valence electrons. The molecule has 3 aromatic rings. The van der Waals surface area contributed by atoms with Gasteiger partial charge in [0.1, 0.15) is 17.8 Å². The maximum absolute atomic E-state index is 10.9. The predicted molar refractivity (Wildman–Crippen MR) is 69.4 cm³/mol. The Hall–Kier alpha value is -2.49. The van der Waals surface area contributed by atoms with Gasteiger partial charge in [0.15, 0.2) is 0 Å². The minimum absolute atomic E-state index is 0.198. The number of aromatic nitrogens is 1. The van der Waals surface area contributed by atoms with E-state index in [-0.39, 0.29) is 5.75 Å². The Balaban J connectivity index is 2.49. The maximum Gasteiger partial charge on any atom is 0.150 e. The molecule has 2 aromatic carbocycles. The van der Waals surface area contributed by atoms with Crippen LogP contribution in [0.25, 0.3) is 21.8 Å². The molecule has 0 aliphatic carbocycles. The number of H-pyrrole nitrogens is 1. The molecule has 0 unspecified atom stereocenters. The first-order chi connectivity index (χ1) is 8.72. The topological polar surface area (TPSA) is 62.3 Å². The van der Waals surface area contributed by atoms with E-state index in [1.165, 1.54) is 0 Å². The van der Waals surface area contributed by atoms with Gasteiger partial charge in [0.2, 0.25) is 0 Å². The average molecular weight is 241 g/mol. The van der Waals surface area contributed by atoms with Crippen LogP contribution < -0.4 is 4.74 Å². The van der Waals surface area contributed by atoms with E-state index in [0.717, 1.165) is 28.1 Å². The number of phenols is 1. The standard InChI is InChI=1S/C14H11NO3/c1-18-13-5-8(7-16)4-11-10-3-2-9(17)6-12(10)15-14(11)13/h2-7,15,17H,1H3. The molecule has 1 aromatic heterocycles. The number of carbonyl (C=O) groups excluding carboxylic acids is 1. The van der Waals surface area contributed by atoms with Gasteiger partial charge >= 0.3 is 0 Å². The number of aromatic hydroxyl groups is 1. The van der Waals surface area contributed by atoms with Crippen LogP contribution in [0.2, 0.25) is 0 Å². The number of rotatable bonds is 2. The van der Waals surface area contributed by atoms with E-state index >= 15 is 0 Å². The van der Waals surface area contributed by atoms with Crippen LogP contribution in [0.15, 0.2) is 30.3 Å². The highest BCUT2D eigenvalue weighted by molar-refractivity contribution is 6.10.